The molecule has 0 aliphatic carbocycles. The Morgan fingerprint density at radius 1 is 1.43 bits per heavy atom. The number of pyridine rings is 1. The number of carbonyl (C=O) groups is 1. The number of fused-ring (bicyclic) bond motifs is 1. The van der Waals surface area contributed by atoms with Gasteiger partial charge in [-0.3, -0.25) is 9.78 Å². The predicted molar refractivity (Wildman–Crippen MR) is 86.9 cm³/mol. The van der Waals surface area contributed by atoms with Crippen molar-refractivity contribution < 1.29 is 4.79 Å². The number of aryl methyl sites for hydroxylation is 2. The second-order valence-electron chi connectivity index (χ2n) is 5.56. The quantitative estimate of drug-likeness (QED) is 0.792. The van der Waals surface area contributed by atoms with Gasteiger partial charge in [0.05, 0.1) is 5.69 Å². The summed E-state index contributed by atoms with van der Waals surface area (Å²) in [7, 11) is 0. The SMILES string of the molecule is Cc1cc2sc(C(=O)NC3CCNCC3)c(N)c2c(C)n1. The van der Waals surface area contributed by atoms with Crippen molar-refractivity contribution in [3.05, 3.63) is 22.3 Å². The Bertz CT molecular complexity index is 689. The van der Waals surface area contributed by atoms with Gasteiger partial charge >= 0.3 is 0 Å². The fraction of sp³-hybridized carbons (Fsp3) is 0.467. The van der Waals surface area contributed by atoms with Gasteiger partial charge in [-0.15, -0.1) is 11.3 Å². The van der Waals surface area contributed by atoms with Gasteiger partial charge in [-0.2, -0.15) is 0 Å². The van der Waals surface area contributed by atoms with E-state index in [0.717, 1.165) is 47.4 Å². The van der Waals surface area contributed by atoms with Crippen molar-refractivity contribution in [2.45, 2.75) is 32.7 Å². The maximum Gasteiger partial charge on any atom is 0.263 e. The number of nitrogens with zero attached hydrogens (tertiary/aromatic N) is 1. The molecule has 112 valence electrons. The number of amides is 1. The highest BCUT2D eigenvalue weighted by atomic mass is 32.1. The molecule has 1 aliphatic rings. The van der Waals surface area contributed by atoms with Crippen LogP contribution in [0, 0.1) is 13.8 Å². The smallest absolute Gasteiger partial charge is 0.263 e. The molecule has 5 nitrogen and oxygen atoms in total. The Balaban J connectivity index is 1.91. The van der Waals surface area contributed by atoms with Gasteiger partial charge in [-0.1, -0.05) is 0 Å². The van der Waals surface area contributed by atoms with Gasteiger partial charge in [0, 0.05) is 27.5 Å². The molecule has 2 aromatic rings. The van der Waals surface area contributed by atoms with Gasteiger partial charge in [0.1, 0.15) is 4.88 Å². The summed E-state index contributed by atoms with van der Waals surface area (Å²) in [6.07, 6.45) is 1.94. The summed E-state index contributed by atoms with van der Waals surface area (Å²) in [5.41, 5.74) is 8.59. The number of piperidine rings is 1. The fourth-order valence-corrected chi connectivity index (χ4v) is 4.04. The van der Waals surface area contributed by atoms with Crippen molar-refractivity contribution in [2.75, 3.05) is 18.8 Å². The van der Waals surface area contributed by atoms with E-state index in [1.54, 1.807) is 0 Å². The number of hydrogen-bond acceptors (Lipinski definition) is 5. The van der Waals surface area contributed by atoms with Gasteiger partial charge < -0.3 is 16.4 Å². The molecule has 1 saturated heterocycles. The lowest BCUT2D eigenvalue weighted by Gasteiger charge is -2.23. The maximum absolute atomic E-state index is 12.5. The van der Waals surface area contributed by atoms with Gasteiger partial charge in [0.15, 0.2) is 0 Å². The van der Waals surface area contributed by atoms with Gasteiger partial charge in [0.25, 0.3) is 5.91 Å². The molecule has 0 spiro atoms. The Labute approximate surface area is 127 Å². The summed E-state index contributed by atoms with van der Waals surface area (Å²) in [6, 6.07) is 2.23. The molecule has 1 aliphatic heterocycles. The van der Waals surface area contributed by atoms with Gasteiger partial charge in [-0.25, -0.2) is 0 Å². The van der Waals surface area contributed by atoms with Crippen LogP contribution in [-0.2, 0) is 0 Å². The summed E-state index contributed by atoms with van der Waals surface area (Å²) < 4.78 is 1.04. The largest absolute Gasteiger partial charge is 0.397 e. The molecule has 1 amide bonds. The molecule has 1 fully saturated rings. The standard InChI is InChI=1S/C15H20N4OS/c1-8-7-11-12(9(2)18-8)13(16)14(21-11)15(20)19-10-3-5-17-6-4-10/h7,10,17H,3-6,16H2,1-2H3,(H,19,20). The second-order valence-corrected chi connectivity index (χ2v) is 6.62. The Morgan fingerprint density at radius 3 is 2.86 bits per heavy atom. The van der Waals surface area contributed by atoms with Crippen LogP contribution < -0.4 is 16.4 Å². The minimum Gasteiger partial charge on any atom is -0.397 e. The predicted octanol–water partition coefficient (Wildman–Crippen LogP) is 1.98. The maximum atomic E-state index is 12.5. The van der Waals surface area contributed by atoms with Crippen LogP contribution in [0.2, 0.25) is 0 Å². The summed E-state index contributed by atoms with van der Waals surface area (Å²) in [5, 5.41) is 7.31. The Kier molecular flexibility index (Phi) is 3.82. The van der Waals surface area contributed by atoms with Crippen molar-refractivity contribution >= 4 is 33.0 Å². The monoisotopic (exact) mass is 304 g/mol. The number of nitrogen functional groups attached to an aromatic ring is 1. The molecule has 21 heavy (non-hydrogen) atoms. The third-order valence-electron chi connectivity index (χ3n) is 3.90. The van der Waals surface area contributed by atoms with Crippen molar-refractivity contribution in [1.29, 1.82) is 0 Å². The molecule has 0 aromatic carbocycles. The van der Waals surface area contributed by atoms with E-state index in [9.17, 15) is 4.79 Å². The zero-order valence-electron chi connectivity index (χ0n) is 12.3. The molecule has 0 atom stereocenters. The molecule has 6 heteroatoms. The zero-order chi connectivity index (χ0) is 15.0. The number of aromatic nitrogens is 1. The summed E-state index contributed by atoms with van der Waals surface area (Å²) in [5.74, 6) is -0.0577. The number of thiophene rings is 1. The molecule has 0 saturated carbocycles. The van der Waals surface area contributed by atoms with Crippen molar-refractivity contribution in [3.63, 3.8) is 0 Å². The van der Waals surface area contributed by atoms with Crippen LogP contribution in [0.15, 0.2) is 6.07 Å². The van der Waals surface area contributed by atoms with E-state index < -0.39 is 0 Å². The second kappa shape index (κ2) is 5.61. The number of nitrogens with one attached hydrogen (secondary N) is 2. The first kappa shape index (κ1) is 14.3. The third-order valence-corrected chi connectivity index (χ3v) is 5.05. The normalized spacial score (nSPS) is 16.3. The first-order valence-corrected chi connectivity index (χ1v) is 8.05. The number of carbonyl (C=O) groups excluding carboxylic acids is 1. The summed E-state index contributed by atoms with van der Waals surface area (Å²) in [4.78, 5) is 17.5. The van der Waals surface area contributed by atoms with Crippen molar-refractivity contribution in [2.24, 2.45) is 0 Å². The van der Waals surface area contributed by atoms with E-state index in [4.69, 9.17) is 5.73 Å². The lowest BCUT2D eigenvalue weighted by atomic mass is 10.1. The van der Waals surface area contributed by atoms with Crippen LogP contribution in [-0.4, -0.2) is 30.0 Å². The summed E-state index contributed by atoms with van der Waals surface area (Å²) >= 11 is 1.46. The van der Waals surface area contributed by atoms with Crippen LogP contribution in [0.25, 0.3) is 10.1 Å². The highest BCUT2D eigenvalue weighted by Crippen LogP contribution is 2.35. The van der Waals surface area contributed by atoms with E-state index in [0.29, 0.717) is 10.6 Å². The molecule has 2 aromatic heterocycles. The zero-order valence-corrected chi connectivity index (χ0v) is 13.1. The van der Waals surface area contributed by atoms with Crippen molar-refractivity contribution in [1.82, 2.24) is 15.6 Å². The number of anilines is 1. The van der Waals surface area contributed by atoms with E-state index in [-0.39, 0.29) is 11.9 Å². The first-order chi connectivity index (χ1) is 10.1. The van der Waals surface area contributed by atoms with Crippen LogP contribution in [0.5, 0.6) is 0 Å². The molecule has 4 N–H and O–H groups in total. The molecular formula is C15H20N4OS. The molecule has 3 heterocycles. The lowest BCUT2D eigenvalue weighted by Crippen LogP contribution is -2.42. The highest BCUT2D eigenvalue weighted by Gasteiger charge is 2.22. The van der Waals surface area contributed by atoms with Crippen LogP contribution in [0.3, 0.4) is 0 Å². The van der Waals surface area contributed by atoms with E-state index in [2.05, 4.69) is 15.6 Å². The Morgan fingerprint density at radius 2 is 2.14 bits per heavy atom. The average Bonchev–Trinajstić information content (AvgIpc) is 2.77. The van der Waals surface area contributed by atoms with Crippen molar-refractivity contribution in [3.8, 4) is 0 Å². The molecular weight excluding hydrogens is 284 g/mol. The topological polar surface area (TPSA) is 80.0 Å². The fourth-order valence-electron chi connectivity index (χ4n) is 2.87. The minimum absolute atomic E-state index is 0.0577. The van der Waals surface area contributed by atoms with Crippen LogP contribution in [0.4, 0.5) is 5.69 Å². The third kappa shape index (κ3) is 2.73. The van der Waals surface area contributed by atoms with E-state index in [1.807, 2.05) is 19.9 Å². The molecule has 3 rings (SSSR count). The lowest BCUT2D eigenvalue weighted by molar-refractivity contribution is 0.0934. The van der Waals surface area contributed by atoms with Gasteiger partial charge in [0.2, 0.25) is 0 Å². The van der Waals surface area contributed by atoms with Crippen LogP contribution >= 0.6 is 11.3 Å². The molecule has 0 unspecified atom stereocenters. The number of nitrogens with two attached hydrogens (primary N) is 1. The Hall–Kier alpha value is -1.66. The highest BCUT2D eigenvalue weighted by molar-refractivity contribution is 7.21. The average molecular weight is 304 g/mol. The summed E-state index contributed by atoms with van der Waals surface area (Å²) in [6.45, 7) is 5.80. The van der Waals surface area contributed by atoms with Gasteiger partial charge in [-0.05, 0) is 45.8 Å². The number of hydrogen-bond donors (Lipinski definition) is 3. The molecule has 0 radical (unpaired) electrons. The first-order valence-electron chi connectivity index (χ1n) is 7.24. The van der Waals surface area contributed by atoms with E-state index in [1.165, 1.54) is 11.3 Å². The van der Waals surface area contributed by atoms with Crippen LogP contribution in [0.1, 0.15) is 33.9 Å². The molecule has 0 bridgehead atoms. The number of rotatable bonds is 2. The minimum atomic E-state index is -0.0577. The van der Waals surface area contributed by atoms with E-state index >= 15 is 0 Å².